The van der Waals surface area contributed by atoms with Crippen LogP contribution in [-0.2, 0) is 4.74 Å². The van der Waals surface area contributed by atoms with Gasteiger partial charge in [-0.2, -0.15) is 0 Å². The lowest BCUT2D eigenvalue weighted by Gasteiger charge is -2.37. The maximum atomic E-state index is 6.19. The minimum Gasteiger partial charge on any atom is -0.491 e. The van der Waals surface area contributed by atoms with E-state index < -0.39 is 0 Å². The molecule has 2 rings (SSSR count). The quantitative estimate of drug-likeness (QED) is 0.831. The molecular formula is C16H25NO2. The van der Waals surface area contributed by atoms with Crippen LogP contribution in [0.15, 0.2) is 30.3 Å². The summed E-state index contributed by atoms with van der Waals surface area (Å²) in [4.78, 5) is 0. The smallest absolute Gasteiger partial charge is 0.119 e. The number of hydrogen-bond donors (Lipinski definition) is 1. The lowest BCUT2D eigenvalue weighted by Crippen LogP contribution is -2.46. The third kappa shape index (κ3) is 4.22. The van der Waals surface area contributed by atoms with Crippen molar-refractivity contribution in [1.29, 1.82) is 0 Å². The fourth-order valence-electron chi connectivity index (χ4n) is 3.03. The standard InChI is InChI=1S/C16H25NO2/c1-12-10-13(2)16(15(17)11-12)19-9-8-18-14-6-4-3-5-7-14/h3-7,12-13,15-16H,8-11,17H2,1-2H3. The van der Waals surface area contributed by atoms with Gasteiger partial charge in [-0.25, -0.2) is 0 Å². The molecule has 3 heteroatoms. The summed E-state index contributed by atoms with van der Waals surface area (Å²) in [5.41, 5.74) is 6.19. The highest BCUT2D eigenvalue weighted by molar-refractivity contribution is 5.20. The van der Waals surface area contributed by atoms with Crippen LogP contribution in [0.1, 0.15) is 26.7 Å². The van der Waals surface area contributed by atoms with Gasteiger partial charge in [-0.1, -0.05) is 32.0 Å². The van der Waals surface area contributed by atoms with Crippen molar-refractivity contribution < 1.29 is 9.47 Å². The van der Waals surface area contributed by atoms with E-state index in [0.717, 1.165) is 12.2 Å². The van der Waals surface area contributed by atoms with Crippen LogP contribution < -0.4 is 10.5 Å². The Morgan fingerprint density at radius 2 is 1.84 bits per heavy atom. The molecule has 0 amide bonds. The summed E-state index contributed by atoms with van der Waals surface area (Å²) >= 11 is 0. The predicted molar refractivity (Wildman–Crippen MR) is 77.2 cm³/mol. The number of nitrogens with two attached hydrogens (primary N) is 1. The van der Waals surface area contributed by atoms with Crippen LogP contribution in [0.4, 0.5) is 0 Å². The normalized spacial score (nSPS) is 31.1. The van der Waals surface area contributed by atoms with Crippen LogP contribution in [-0.4, -0.2) is 25.4 Å². The topological polar surface area (TPSA) is 44.5 Å². The first-order chi connectivity index (χ1) is 9.16. The van der Waals surface area contributed by atoms with E-state index in [-0.39, 0.29) is 12.1 Å². The fraction of sp³-hybridized carbons (Fsp3) is 0.625. The Kier molecular flexibility index (Phi) is 5.23. The van der Waals surface area contributed by atoms with Gasteiger partial charge in [0.25, 0.3) is 0 Å². The number of hydrogen-bond acceptors (Lipinski definition) is 3. The van der Waals surface area contributed by atoms with Crippen molar-refractivity contribution >= 4 is 0 Å². The Labute approximate surface area is 116 Å². The second-order valence-electron chi connectivity index (χ2n) is 5.71. The van der Waals surface area contributed by atoms with E-state index in [1.807, 2.05) is 30.3 Å². The molecule has 1 aromatic rings. The third-order valence-electron chi connectivity index (χ3n) is 3.84. The Hall–Kier alpha value is -1.06. The molecule has 0 aliphatic heterocycles. The molecule has 1 fully saturated rings. The molecule has 0 aromatic heterocycles. The summed E-state index contributed by atoms with van der Waals surface area (Å²) in [6, 6.07) is 9.99. The number of para-hydroxylation sites is 1. The largest absolute Gasteiger partial charge is 0.491 e. The van der Waals surface area contributed by atoms with Crippen molar-refractivity contribution in [2.45, 2.75) is 38.8 Å². The fourth-order valence-corrected chi connectivity index (χ4v) is 3.03. The minimum atomic E-state index is 0.162. The highest BCUT2D eigenvalue weighted by Crippen LogP contribution is 2.29. The van der Waals surface area contributed by atoms with Crippen molar-refractivity contribution in [2.24, 2.45) is 17.6 Å². The van der Waals surface area contributed by atoms with Crippen LogP contribution in [0.2, 0.25) is 0 Å². The van der Waals surface area contributed by atoms with Crippen LogP contribution >= 0.6 is 0 Å². The Balaban J connectivity index is 1.70. The third-order valence-corrected chi connectivity index (χ3v) is 3.84. The van der Waals surface area contributed by atoms with Gasteiger partial charge in [0.05, 0.1) is 12.7 Å². The van der Waals surface area contributed by atoms with Gasteiger partial charge in [0.15, 0.2) is 0 Å². The SMILES string of the molecule is CC1CC(C)C(OCCOc2ccccc2)C(N)C1. The van der Waals surface area contributed by atoms with Crippen molar-refractivity contribution in [1.82, 2.24) is 0 Å². The average molecular weight is 263 g/mol. The van der Waals surface area contributed by atoms with E-state index in [0.29, 0.717) is 25.0 Å². The molecule has 4 unspecified atom stereocenters. The zero-order chi connectivity index (χ0) is 13.7. The highest BCUT2D eigenvalue weighted by atomic mass is 16.5. The van der Waals surface area contributed by atoms with Gasteiger partial charge in [-0.05, 0) is 36.8 Å². The predicted octanol–water partition coefficient (Wildman–Crippen LogP) is 2.84. The first-order valence-corrected chi connectivity index (χ1v) is 7.22. The van der Waals surface area contributed by atoms with Gasteiger partial charge < -0.3 is 15.2 Å². The molecule has 0 bridgehead atoms. The average Bonchev–Trinajstić information content (AvgIpc) is 2.38. The van der Waals surface area contributed by atoms with E-state index in [4.69, 9.17) is 15.2 Å². The number of ether oxygens (including phenoxy) is 2. The minimum absolute atomic E-state index is 0.162. The van der Waals surface area contributed by atoms with Crippen molar-refractivity contribution in [2.75, 3.05) is 13.2 Å². The summed E-state index contributed by atoms with van der Waals surface area (Å²) in [5.74, 6) is 2.14. The molecule has 3 nitrogen and oxygen atoms in total. The lowest BCUT2D eigenvalue weighted by atomic mass is 9.78. The van der Waals surface area contributed by atoms with Gasteiger partial charge in [-0.3, -0.25) is 0 Å². The summed E-state index contributed by atoms with van der Waals surface area (Å²) in [7, 11) is 0. The van der Waals surface area contributed by atoms with E-state index in [1.54, 1.807) is 0 Å². The van der Waals surface area contributed by atoms with Crippen LogP contribution in [0, 0.1) is 11.8 Å². The Morgan fingerprint density at radius 3 is 2.53 bits per heavy atom. The molecule has 19 heavy (non-hydrogen) atoms. The summed E-state index contributed by atoms with van der Waals surface area (Å²) in [6.07, 6.45) is 2.45. The zero-order valence-electron chi connectivity index (χ0n) is 11.9. The molecule has 1 aromatic carbocycles. The summed E-state index contributed by atoms with van der Waals surface area (Å²) in [5, 5.41) is 0. The zero-order valence-corrected chi connectivity index (χ0v) is 11.9. The van der Waals surface area contributed by atoms with Crippen molar-refractivity contribution in [3.8, 4) is 5.75 Å². The maximum absolute atomic E-state index is 6.19. The number of benzene rings is 1. The van der Waals surface area contributed by atoms with E-state index in [9.17, 15) is 0 Å². The van der Waals surface area contributed by atoms with Gasteiger partial charge in [-0.15, -0.1) is 0 Å². The van der Waals surface area contributed by atoms with E-state index >= 15 is 0 Å². The van der Waals surface area contributed by atoms with E-state index in [1.165, 1.54) is 6.42 Å². The van der Waals surface area contributed by atoms with Crippen LogP contribution in [0.25, 0.3) is 0 Å². The molecule has 0 radical (unpaired) electrons. The maximum Gasteiger partial charge on any atom is 0.119 e. The van der Waals surface area contributed by atoms with Crippen molar-refractivity contribution in [3.63, 3.8) is 0 Å². The molecule has 2 N–H and O–H groups in total. The molecular weight excluding hydrogens is 238 g/mol. The van der Waals surface area contributed by atoms with Crippen LogP contribution in [0.5, 0.6) is 5.75 Å². The first kappa shape index (κ1) is 14.4. The van der Waals surface area contributed by atoms with Gasteiger partial charge in [0, 0.05) is 6.04 Å². The first-order valence-electron chi connectivity index (χ1n) is 7.22. The second kappa shape index (κ2) is 6.92. The Morgan fingerprint density at radius 1 is 1.11 bits per heavy atom. The highest BCUT2D eigenvalue weighted by Gasteiger charge is 2.32. The van der Waals surface area contributed by atoms with Gasteiger partial charge in [0.1, 0.15) is 12.4 Å². The number of rotatable bonds is 5. The molecule has 106 valence electrons. The van der Waals surface area contributed by atoms with Gasteiger partial charge in [0.2, 0.25) is 0 Å². The summed E-state index contributed by atoms with van der Waals surface area (Å²) in [6.45, 7) is 5.69. The molecule has 1 aliphatic carbocycles. The monoisotopic (exact) mass is 263 g/mol. The lowest BCUT2D eigenvalue weighted by molar-refractivity contribution is -0.0374. The second-order valence-corrected chi connectivity index (χ2v) is 5.71. The molecule has 0 heterocycles. The Bertz CT molecular complexity index is 356. The van der Waals surface area contributed by atoms with Crippen LogP contribution in [0.3, 0.4) is 0 Å². The van der Waals surface area contributed by atoms with E-state index in [2.05, 4.69) is 13.8 Å². The molecule has 4 atom stereocenters. The molecule has 1 saturated carbocycles. The van der Waals surface area contributed by atoms with Gasteiger partial charge >= 0.3 is 0 Å². The molecule has 0 saturated heterocycles. The van der Waals surface area contributed by atoms with Crippen molar-refractivity contribution in [3.05, 3.63) is 30.3 Å². The molecule has 0 spiro atoms. The summed E-state index contributed by atoms with van der Waals surface area (Å²) < 4.78 is 11.6. The molecule has 1 aliphatic rings.